The van der Waals surface area contributed by atoms with Gasteiger partial charge in [0.2, 0.25) is 5.91 Å². The summed E-state index contributed by atoms with van der Waals surface area (Å²) in [4.78, 5) is 27.1. The Morgan fingerprint density at radius 3 is 2.67 bits per heavy atom. The second kappa shape index (κ2) is 6.15. The Morgan fingerprint density at radius 1 is 1.57 bits per heavy atom. The summed E-state index contributed by atoms with van der Waals surface area (Å²) in [5.74, 6) is -1.56. The lowest BCUT2D eigenvalue weighted by Crippen LogP contribution is -2.60. The second-order valence-corrected chi connectivity index (χ2v) is 7.83. The van der Waals surface area contributed by atoms with Gasteiger partial charge in [-0.15, -0.1) is 11.8 Å². The monoisotopic (exact) mass is 348 g/mol. The SMILES string of the molecule is C[C@H](O)[C@H]1C(=O)N2C(C(=O)O)=C(CSC(=S)N(C)C)S[C@H]12. The number of thiocarbonyl (C=S) groups is 1. The highest BCUT2D eigenvalue weighted by atomic mass is 32.2. The van der Waals surface area contributed by atoms with E-state index in [2.05, 4.69) is 0 Å². The van der Waals surface area contributed by atoms with Gasteiger partial charge < -0.3 is 15.1 Å². The highest BCUT2D eigenvalue weighted by molar-refractivity contribution is 8.23. The van der Waals surface area contributed by atoms with Gasteiger partial charge in [0.15, 0.2) is 0 Å². The largest absolute Gasteiger partial charge is 0.477 e. The van der Waals surface area contributed by atoms with Crippen LogP contribution in [0.3, 0.4) is 0 Å². The number of hydrogen-bond acceptors (Lipinski definition) is 6. The molecule has 1 saturated heterocycles. The predicted octanol–water partition coefficient (Wildman–Crippen LogP) is 0.774. The Hall–Kier alpha value is -0.770. The van der Waals surface area contributed by atoms with E-state index in [1.807, 2.05) is 14.1 Å². The van der Waals surface area contributed by atoms with E-state index in [4.69, 9.17) is 12.2 Å². The van der Waals surface area contributed by atoms with Gasteiger partial charge in [-0.3, -0.25) is 9.69 Å². The number of aliphatic hydroxyl groups is 1. The lowest BCUT2D eigenvalue weighted by Gasteiger charge is -2.43. The molecule has 0 aromatic rings. The summed E-state index contributed by atoms with van der Waals surface area (Å²) >= 11 is 7.86. The molecule has 1 amide bonds. The number of aliphatic carboxylic acids is 1. The van der Waals surface area contributed by atoms with Crippen molar-refractivity contribution in [1.29, 1.82) is 0 Å². The third kappa shape index (κ3) is 2.92. The Bertz CT molecular complexity index is 533. The minimum absolute atomic E-state index is 0.0287. The molecule has 0 unspecified atom stereocenters. The lowest BCUT2D eigenvalue weighted by molar-refractivity contribution is -0.156. The fraction of sp³-hybridized carbons (Fsp3) is 0.583. The number of thioether (sulfide) groups is 2. The zero-order chi connectivity index (χ0) is 15.9. The first-order chi connectivity index (χ1) is 9.75. The van der Waals surface area contributed by atoms with E-state index in [0.717, 1.165) is 0 Å². The molecule has 9 heteroatoms. The molecular formula is C12H16N2O4S3. The van der Waals surface area contributed by atoms with Gasteiger partial charge in [0.1, 0.15) is 15.4 Å². The first kappa shape index (κ1) is 16.6. The van der Waals surface area contributed by atoms with Gasteiger partial charge in [0.25, 0.3) is 0 Å². The fourth-order valence-electron chi connectivity index (χ4n) is 2.21. The van der Waals surface area contributed by atoms with Crippen molar-refractivity contribution in [3.63, 3.8) is 0 Å². The van der Waals surface area contributed by atoms with Crippen molar-refractivity contribution >= 4 is 51.9 Å². The van der Waals surface area contributed by atoms with Crippen molar-refractivity contribution in [2.24, 2.45) is 5.92 Å². The molecule has 2 rings (SSSR count). The molecular weight excluding hydrogens is 332 g/mol. The second-order valence-electron chi connectivity index (χ2n) is 5.01. The van der Waals surface area contributed by atoms with Crippen LogP contribution in [0.2, 0.25) is 0 Å². The lowest BCUT2D eigenvalue weighted by atomic mass is 9.92. The number of amides is 1. The topological polar surface area (TPSA) is 81.1 Å². The predicted molar refractivity (Wildman–Crippen MR) is 86.8 cm³/mol. The summed E-state index contributed by atoms with van der Waals surface area (Å²) in [6.45, 7) is 1.55. The highest BCUT2D eigenvalue weighted by Crippen LogP contribution is 2.50. The highest BCUT2D eigenvalue weighted by Gasteiger charge is 2.57. The summed E-state index contributed by atoms with van der Waals surface area (Å²) in [6.07, 6.45) is -0.781. The number of carbonyl (C=O) groups is 2. The molecule has 0 spiro atoms. The Balaban J connectivity index is 2.15. The number of aliphatic hydroxyl groups excluding tert-OH is 1. The zero-order valence-corrected chi connectivity index (χ0v) is 14.2. The Morgan fingerprint density at radius 2 is 2.19 bits per heavy atom. The molecule has 2 aliphatic heterocycles. The Labute approximate surface area is 136 Å². The van der Waals surface area contributed by atoms with Gasteiger partial charge in [-0.25, -0.2) is 4.79 Å². The molecule has 3 atom stereocenters. The molecule has 0 radical (unpaired) electrons. The number of carboxylic acid groups (broad SMARTS) is 1. The van der Waals surface area contributed by atoms with Crippen molar-refractivity contribution in [1.82, 2.24) is 9.80 Å². The zero-order valence-electron chi connectivity index (χ0n) is 11.8. The molecule has 2 heterocycles. The normalized spacial score (nSPS) is 25.5. The molecule has 0 bridgehead atoms. The summed E-state index contributed by atoms with van der Waals surface area (Å²) in [5, 5.41) is 18.7. The van der Waals surface area contributed by atoms with Crippen LogP contribution in [0.1, 0.15) is 6.92 Å². The number of fused-ring (bicyclic) bond motifs is 1. The first-order valence-electron chi connectivity index (χ1n) is 6.24. The van der Waals surface area contributed by atoms with Crippen LogP contribution < -0.4 is 0 Å². The van der Waals surface area contributed by atoms with Gasteiger partial charge in [-0.1, -0.05) is 24.0 Å². The standard InChI is InChI=1S/C12H16N2O4S3/c1-5(15)7-9(16)14-8(11(17)18)6(21-10(7)14)4-20-12(19)13(2)3/h5,7,10,15H,4H2,1-3H3,(H,17,18)/t5-,7-,10+/m0/s1. The van der Waals surface area contributed by atoms with Crippen LogP contribution >= 0.6 is 35.7 Å². The average molecular weight is 348 g/mol. The first-order valence-corrected chi connectivity index (χ1v) is 8.51. The van der Waals surface area contributed by atoms with E-state index in [0.29, 0.717) is 15.0 Å². The molecule has 0 aromatic heterocycles. The van der Waals surface area contributed by atoms with Crippen LogP contribution in [0.25, 0.3) is 0 Å². The minimum atomic E-state index is -1.12. The number of β-lactam (4-membered cyclic amide) rings is 1. The van der Waals surface area contributed by atoms with Crippen molar-refractivity contribution in [3.05, 3.63) is 10.6 Å². The number of carbonyl (C=O) groups excluding carboxylic acids is 1. The molecule has 0 aromatic carbocycles. The quantitative estimate of drug-likeness (QED) is 0.570. The van der Waals surface area contributed by atoms with E-state index in [9.17, 15) is 19.8 Å². The maximum atomic E-state index is 12.0. The Kier molecular flexibility index (Phi) is 4.86. The van der Waals surface area contributed by atoms with Gasteiger partial charge >= 0.3 is 5.97 Å². The van der Waals surface area contributed by atoms with Crippen molar-refractivity contribution in [2.45, 2.75) is 18.4 Å². The average Bonchev–Trinajstić information content (AvgIpc) is 2.69. The van der Waals surface area contributed by atoms with Crippen LogP contribution in [0, 0.1) is 5.92 Å². The van der Waals surface area contributed by atoms with Gasteiger partial charge in [0, 0.05) is 24.8 Å². The molecule has 116 valence electrons. The van der Waals surface area contributed by atoms with Gasteiger partial charge in [-0.05, 0) is 6.92 Å². The number of nitrogens with zero attached hydrogens (tertiary/aromatic N) is 2. The molecule has 0 aliphatic carbocycles. The molecule has 6 nitrogen and oxygen atoms in total. The van der Waals surface area contributed by atoms with Crippen molar-refractivity contribution in [3.8, 4) is 0 Å². The molecule has 2 aliphatic rings. The molecule has 0 saturated carbocycles. The summed E-state index contributed by atoms with van der Waals surface area (Å²) in [6, 6.07) is 0. The summed E-state index contributed by atoms with van der Waals surface area (Å²) < 4.78 is 0.653. The molecule has 21 heavy (non-hydrogen) atoms. The number of hydrogen-bond donors (Lipinski definition) is 2. The van der Waals surface area contributed by atoms with Crippen molar-refractivity contribution < 1.29 is 19.8 Å². The third-order valence-corrected chi connectivity index (χ3v) is 6.58. The van der Waals surface area contributed by atoms with Crippen LogP contribution in [0.5, 0.6) is 0 Å². The number of carboxylic acids is 1. The van der Waals surface area contributed by atoms with Crippen molar-refractivity contribution in [2.75, 3.05) is 19.8 Å². The smallest absolute Gasteiger partial charge is 0.353 e. The summed E-state index contributed by atoms with van der Waals surface area (Å²) in [5.41, 5.74) is 0.0287. The van der Waals surface area contributed by atoms with E-state index in [1.165, 1.54) is 28.4 Å². The maximum absolute atomic E-state index is 12.0. The minimum Gasteiger partial charge on any atom is -0.477 e. The van der Waals surface area contributed by atoms with Crippen LogP contribution in [-0.4, -0.2) is 67.5 Å². The number of rotatable bonds is 4. The maximum Gasteiger partial charge on any atom is 0.353 e. The van der Waals surface area contributed by atoms with Gasteiger partial charge in [-0.2, -0.15) is 0 Å². The van der Waals surface area contributed by atoms with Crippen LogP contribution in [0.15, 0.2) is 10.6 Å². The van der Waals surface area contributed by atoms with E-state index < -0.39 is 18.0 Å². The third-order valence-electron chi connectivity index (χ3n) is 3.27. The fourth-order valence-corrected chi connectivity index (χ4v) is 4.88. The van der Waals surface area contributed by atoms with E-state index >= 15 is 0 Å². The van der Waals surface area contributed by atoms with Gasteiger partial charge in [0.05, 0.1) is 12.0 Å². The van der Waals surface area contributed by atoms with Crippen LogP contribution in [-0.2, 0) is 9.59 Å². The molecule has 1 fully saturated rings. The molecule has 2 N–H and O–H groups in total. The van der Waals surface area contributed by atoms with Crippen LogP contribution in [0.4, 0.5) is 0 Å². The summed E-state index contributed by atoms with van der Waals surface area (Å²) in [7, 11) is 3.65. The van der Waals surface area contributed by atoms with E-state index in [1.54, 1.807) is 11.8 Å². The van der Waals surface area contributed by atoms with E-state index in [-0.39, 0.29) is 17.0 Å².